The molecule has 2 rings (SSSR count). The number of thioether (sulfide) groups is 1. The summed E-state index contributed by atoms with van der Waals surface area (Å²) in [7, 11) is 1.21. The fraction of sp³-hybridized carbons (Fsp3) is 0.0769. The maximum Gasteiger partial charge on any atom is 0.331 e. The molecule has 0 saturated carbocycles. The molecule has 10 heteroatoms. The largest absolute Gasteiger partial charge is 0.466 e. The van der Waals surface area contributed by atoms with E-state index in [1.165, 1.54) is 25.5 Å². The second-order valence-corrected chi connectivity index (χ2v) is 6.71. The zero-order chi connectivity index (χ0) is 17.0. The van der Waals surface area contributed by atoms with Gasteiger partial charge in [0.1, 0.15) is 5.82 Å². The Morgan fingerprint density at radius 1 is 1.43 bits per heavy atom. The van der Waals surface area contributed by atoms with Crippen molar-refractivity contribution in [3.05, 3.63) is 43.4 Å². The highest BCUT2D eigenvalue weighted by Crippen LogP contribution is 2.27. The van der Waals surface area contributed by atoms with Crippen LogP contribution in [0.25, 0.3) is 0 Å². The van der Waals surface area contributed by atoms with E-state index in [0.29, 0.717) is 14.5 Å². The molecule has 0 radical (unpaired) electrons. The number of hydrogen-bond donors (Lipinski definition) is 1. The summed E-state index contributed by atoms with van der Waals surface area (Å²) in [5.74, 6) is -1.54. The van der Waals surface area contributed by atoms with E-state index in [-0.39, 0.29) is 10.1 Å². The third-order valence-electron chi connectivity index (χ3n) is 2.47. The Hall–Kier alpha value is -1.52. The van der Waals surface area contributed by atoms with Crippen LogP contribution in [0.5, 0.6) is 0 Å². The molecule has 0 spiro atoms. The normalized spacial score (nSPS) is 18.0. The van der Waals surface area contributed by atoms with Crippen molar-refractivity contribution >= 4 is 66.9 Å². The highest BCUT2D eigenvalue weighted by Gasteiger charge is 2.25. The molecule has 0 unspecified atom stereocenters. The minimum absolute atomic E-state index is 0.153. The molecule has 1 aliphatic heterocycles. The van der Waals surface area contributed by atoms with Gasteiger partial charge in [-0.1, -0.05) is 0 Å². The number of hydrogen-bond acceptors (Lipinski definition) is 6. The number of ether oxygens (including phenoxy) is 1. The number of carbonyl (C=O) groups excluding carboxylic acids is 2. The molecule has 1 saturated heterocycles. The van der Waals surface area contributed by atoms with Gasteiger partial charge in [-0.25, -0.2) is 9.18 Å². The van der Waals surface area contributed by atoms with Gasteiger partial charge in [0.15, 0.2) is 5.17 Å². The van der Waals surface area contributed by atoms with Crippen LogP contribution >= 0.6 is 43.6 Å². The van der Waals surface area contributed by atoms with Gasteiger partial charge in [0, 0.05) is 20.6 Å². The molecule has 0 aromatic heterocycles. The van der Waals surface area contributed by atoms with Gasteiger partial charge in [0.05, 0.1) is 18.2 Å². The molecule has 1 aromatic carbocycles. The van der Waals surface area contributed by atoms with Crippen LogP contribution in [0.4, 0.5) is 4.39 Å². The zero-order valence-corrected chi connectivity index (χ0v) is 15.5. The summed E-state index contributed by atoms with van der Waals surface area (Å²) >= 11 is 7.45. The number of amides is 1. The number of nitrogens with one attached hydrogen (secondary N) is 1. The fourth-order valence-corrected chi connectivity index (χ4v) is 2.97. The molecule has 1 aromatic rings. The highest BCUT2D eigenvalue weighted by atomic mass is 79.9. The van der Waals surface area contributed by atoms with Gasteiger partial charge in [-0.15, -0.1) is 5.10 Å². The monoisotopic (exact) mass is 463 g/mol. The summed E-state index contributed by atoms with van der Waals surface area (Å²) in [6.45, 7) is 0. The molecule has 6 nitrogen and oxygen atoms in total. The fourth-order valence-electron chi connectivity index (χ4n) is 1.45. The summed E-state index contributed by atoms with van der Waals surface area (Å²) in [5.41, 5.74) is 0.473. The lowest BCUT2D eigenvalue weighted by atomic mass is 10.2. The molecule has 1 heterocycles. The number of amidine groups is 1. The maximum absolute atomic E-state index is 13.3. The van der Waals surface area contributed by atoms with E-state index in [9.17, 15) is 14.0 Å². The van der Waals surface area contributed by atoms with E-state index in [1.54, 1.807) is 0 Å². The Morgan fingerprint density at radius 3 is 2.87 bits per heavy atom. The lowest BCUT2D eigenvalue weighted by Gasteiger charge is -2.00. The molecule has 120 valence electrons. The maximum atomic E-state index is 13.3. The van der Waals surface area contributed by atoms with Crippen LogP contribution in [-0.2, 0) is 14.3 Å². The average molecular weight is 465 g/mol. The van der Waals surface area contributed by atoms with E-state index < -0.39 is 17.7 Å². The zero-order valence-electron chi connectivity index (χ0n) is 11.5. The molecule has 0 aliphatic carbocycles. The third kappa shape index (κ3) is 4.72. The molecule has 1 aliphatic rings. The number of benzene rings is 1. The van der Waals surface area contributed by atoms with E-state index >= 15 is 0 Å². The first kappa shape index (κ1) is 17.8. The number of rotatable bonds is 3. The minimum atomic E-state index is -0.638. The van der Waals surface area contributed by atoms with Crippen LogP contribution in [0, 0.1) is 5.82 Å². The predicted octanol–water partition coefficient (Wildman–Crippen LogP) is 2.96. The quantitative estimate of drug-likeness (QED) is 0.245. The van der Waals surface area contributed by atoms with Crippen molar-refractivity contribution in [3.63, 3.8) is 0 Å². The van der Waals surface area contributed by atoms with Crippen LogP contribution in [0.2, 0.25) is 0 Å². The Labute approximate surface area is 151 Å². The molecule has 0 bridgehead atoms. The van der Waals surface area contributed by atoms with Crippen molar-refractivity contribution in [3.8, 4) is 0 Å². The van der Waals surface area contributed by atoms with E-state index in [4.69, 9.17) is 0 Å². The van der Waals surface area contributed by atoms with Crippen molar-refractivity contribution in [1.82, 2.24) is 5.32 Å². The topological polar surface area (TPSA) is 80.1 Å². The standard InChI is InChI=1S/C13H8Br2FN3O3S/c1-22-10(20)4-9-12(21)18-13(23-9)19-17-5-6-2-7(16)3-8(14)11(6)15/h2-5H,1H3,(H,18,19,21)/b9-4+,17-5?. The predicted molar refractivity (Wildman–Crippen MR) is 92.7 cm³/mol. The second-order valence-electron chi connectivity index (χ2n) is 4.03. The summed E-state index contributed by atoms with van der Waals surface area (Å²) in [4.78, 5) is 22.9. The number of halogens is 3. The molecule has 1 fully saturated rings. The Morgan fingerprint density at radius 2 is 2.17 bits per heavy atom. The minimum Gasteiger partial charge on any atom is -0.466 e. The van der Waals surface area contributed by atoms with E-state index in [2.05, 4.69) is 52.1 Å². The van der Waals surface area contributed by atoms with Crippen molar-refractivity contribution in [2.45, 2.75) is 0 Å². The lowest BCUT2D eigenvalue weighted by molar-refractivity contribution is -0.135. The van der Waals surface area contributed by atoms with Crippen LogP contribution < -0.4 is 5.32 Å². The van der Waals surface area contributed by atoms with Gasteiger partial charge in [-0.3, -0.25) is 10.1 Å². The summed E-state index contributed by atoms with van der Waals surface area (Å²) in [5, 5.41) is 10.3. The van der Waals surface area contributed by atoms with Crippen molar-refractivity contribution in [1.29, 1.82) is 0 Å². The number of carbonyl (C=O) groups is 2. The summed E-state index contributed by atoms with van der Waals surface area (Å²) < 4.78 is 18.9. The molecule has 0 atom stereocenters. The van der Waals surface area contributed by atoms with Crippen LogP contribution in [0.1, 0.15) is 5.56 Å². The van der Waals surface area contributed by atoms with Crippen LogP contribution in [0.15, 0.2) is 42.3 Å². The van der Waals surface area contributed by atoms with Gasteiger partial charge in [-0.2, -0.15) is 5.10 Å². The molecular formula is C13H8Br2FN3O3S. The lowest BCUT2D eigenvalue weighted by Crippen LogP contribution is -2.19. The first-order valence-electron chi connectivity index (χ1n) is 5.95. The Kier molecular flexibility index (Phi) is 6.08. The van der Waals surface area contributed by atoms with Crippen molar-refractivity contribution in [2.24, 2.45) is 10.2 Å². The molecule has 1 N–H and O–H groups in total. The van der Waals surface area contributed by atoms with Crippen molar-refractivity contribution < 1.29 is 18.7 Å². The molecule has 1 amide bonds. The van der Waals surface area contributed by atoms with E-state index in [0.717, 1.165) is 17.8 Å². The first-order chi connectivity index (χ1) is 10.9. The van der Waals surface area contributed by atoms with Gasteiger partial charge in [-0.05, 0) is 55.8 Å². The number of esters is 1. The van der Waals surface area contributed by atoms with Crippen molar-refractivity contribution in [2.75, 3.05) is 7.11 Å². The Bertz CT molecular complexity index is 765. The van der Waals surface area contributed by atoms with Gasteiger partial charge < -0.3 is 4.74 Å². The summed E-state index contributed by atoms with van der Waals surface area (Å²) in [6.07, 6.45) is 2.40. The second kappa shape index (κ2) is 7.84. The molecular weight excluding hydrogens is 457 g/mol. The van der Waals surface area contributed by atoms with E-state index in [1.807, 2.05) is 0 Å². The smallest absolute Gasteiger partial charge is 0.331 e. The molecule has 23 heavy (non-hydrogen) atoms. The average Bonchev–Trinajstić information content (AvgIpc) is 2.84. The highest BCUT2D eigenvalue weighted by molar-refractivity contribution is 9.13. The first-order valence-corrected chi connectivity index (χ1v) is 8.35. The SMILES string of the molecule is COC(=O)/C=C1/S/C(=N\N=Cc2cc(F)cc(Br)c2Br)NC1=O. The van der Waals surface area contributed by atoms with Gasteiger partial charge in [0.2, 0.25) is 0 Å². The van der Waals surface area contributed by atoms with Gasteiger partial charge >= 0.3 is 5.97 Å². The third-order valence-corrected chi connectivity index (χ3v) is 5.41. The number of methoxy groups -OCH3 is 1. The summed E-state index contributed by atoms with van der Waals surface area (Å²) in [6, 6.07) is 2.59. The van der Waals surface area contributed by atoms with Gasteiger partial charge in [0.25, 0.3) is 5.91 Å². The Balaban J connectivity index is 2.14. The van der Waals surface area contributed by atoms with Crippen LogP contribution in [0.3, 0.4) is 0 Å². The number of nitrogens with zero attached hydrogens (tertiary/aromatic N) is 2. The van der Waals surface area contributed by atoms with Crippen LogP contribution in [-0.4, -0.2) is 30.4 Å².